The second-order valence-electron chi connectivity index (χ2n) is 4.37. The second-order valence-corrected chi connectivity index (χ2v) is 6.45. The summed E-state index contributed by atoms with van der Waals surface area (Å²) in [5.41, 5.74) is -0.159. The van der Waals surface area contributed by atoms with Gasteiger partial charge in [-0.2, -0.15) is 0 Å². The number of carboxylic acids is 1. The van der Waals surface area contributed by atoms with Crippen LogP contribution in [-0.4, -0.2) is 30.2 Å². The predicted molar refractivity (Wildman–Crippen MR) is 67.3 cm³/mol. The number of aromatic amines is 1. The largest absolute Gasteiger partial charge is 0.477 e. The molecule has 2 heterocycles. The number of hydrogen-bond donors (Lipinski definition) is 2. The average Bonchev–Trinajstić information content (AvgIpc) is 2.65. The van der Waals surface area contributed by atoms with Gasteiger partial charge in [0.2, 0.25) is 5.43 Å². The number of sulfone groups is 1. The van der Waals surface area contributed by atoms with Crippen LogP contribution >= 0.6 is 0 Å². The quantitative estimate of drug-likeness (QED) is 0.793. The fourth-order valence-electron chi connectivity index (χ4n) is 2.40. The van der Waals surface area contributed by atoms with Gasteiger partial charge in [-0.1, -0.05) is 0 Å². The van der Waals surface area contributed by atoms with Crippen LogP contribution in [0.3, 0.4) is 0 Å². The maximum absolute atomic E-state index is 12.1. The molecule has 0 atom stereocenters. The summed E-state index contributed by atoms with van der Waals surface area (Å²) in [6.07, 6.45) is 1.37. The molecule has 0 unspecified atom stereocenters. The Hall–Kier alpha value is -2.15. The molecule has 0 radical (unpaired) electrons. The van der Waals surface area contributed by atoms with Crippen LogP contribution in [0.5, 0.6) is 0 Å². The minimum Gasteiger partial charge on any atom is -0.477 e. The van der Waals surface area contributed by atoms with Crippen LogP contribution in [0.2, 0.25) is 0 Å². The van der Waals surface area contributed by atoms with E-state index in [9.17, 15) is 18.0 Å². The molecular formula is C12H9NO5S. The van der Waals surface area contributed by atoms with Crippen molar-refractivity contribution in [3.8, 4) is 0 Å². The minimum absolute atomic E-state index is 0.0435. The first-order valence-corrected chi connectivity index (χ1v) is 7.20. The van der Waals surface area contributed by atoms with Crippen molar-refractivity contribution in [3.05, 3.63) is 39.7 Å². The topological polar surface area (TPSA) is 104 Å². The van der Waals surface area contributed by atoms with Gasteiger partial charge < -0.3 is 10.1 Å². The maximum atomic E-state index is 12.1. The molecule has 1 aliphatic rings. The summed E-state index contributed by atoms with van der Waals surface area (Å²) in [6, 6.07) is 2.94. The zero-order valence-corrected chi connectivity index (χ0v) is 10.5. The van der Waals surface area contributed by atoms with E-state index in [1.54, 1.807) is 0 Å². The lowest BCUT2D eigenvalue weighted by molar-refractivity contribution is 0.0695. The number of pyridine rings is 1. The van der Waals surface area contributed by atoms with E-state index < -0.39 is 21.2 Å². The monoisotopic (exact) mass is 279 g/mol. The molecule has 0 amide bonds. The van der Waals surface area contributed by atoms with Gasteiger partial charge in [0.15, 0.2) is 9.84 Å². The number of aromatic nitrogens is 1. The molecular weight excluding hydrogens is 270 g/mol. The maximum Gasteiger partial charge on any atom is 0.341 e. The molecule has 2 aromatic rings. The lowest BCUT2D eigenvalue weighted by Gasteiger charge is -2.04. The molecule has 19 heavy (non-hydrogen) atoms. The summed E-state index contributed by atoms with van der Waals surface area (Å²) < 4.78 is 23.6. The van der Waals surface area contributed by atoms with Gasteiger partial charge in [0.05, 0.1) is 16.0 Å². The molecule has 1 aromatic carbocycles. The van der Waals surface area contributed by atoms with Crippen molar-refractivity contribution in [2.24, 2.45) is 0 Å². The van der Waals surface area contributed by atoms with Gasteiger partial charge >= 0.3 is 5.97 Å². The molecule has 3 rings (SSSR count). The highest BCUT2D eigenvalue weighted by Crippen LogP contribution is 2.30. The van der Waals surface area contributed by atoms with E-state index in [-0.39, 0.29) is 28.0 Å². The number of fused-ring (bicyclic) bond motifs is 3. The van der Waals surface area contributed by atoms with Gasteiger partial charge in [-0.25, -0.2) is 13.2 Å². The Morgan fingerprint density at radius 1 is 1.32 bits per heavy atom. The number of H-pyrrole nitrogens is 1. The van der Waals surface area contributed by atoms with Crippen LogP contribution in [0, 0.1) is 0 Å². The van der Waals surface area contributed by atoms with Crippen molar-refractivity contribution in [2.45, 2.75) is 11.3 Å². The number of rotatable bonds is 1. The first kappa shape index (κ1) is 11.9. The van der Waals surface area contributed by atoms with E-state index in [2.05, 4.69) is 4.98 Å². The summed E-state index contributed by atoms with van der Waals surface area (Å²) >= 11 is 0. The molecule has 0 aliphatic carbocycles. The zero-order valence-electron chi connectivity index (χ0n) is 9.63. The van der Waals surface area contributed by atoms with Crippen molar-refractivity contribution in [1.82, 2.24) is 4.98 Å². The van der Waals surface area contributed by atoms with Crippen molar-refractivity contribution >= 4 is 26.7 Å². The third-order valence-corrected chi connectivity index (χ3v) is 5.09. The Bertz CT molecular complexity index is 879. The first-order chi connectivity index (χ1) is 8.92. The Kier molecular flexibility index (Phi) is 2.30. The van der Waals surface area contributed by atoms with E-state index in [1.165, 1.54) is 12.1 Å². The van der Waals surface area contributed by atoms with Gasteiger partial charge in [-0.15, -0.1) is 0 Å². The van der Waals surface area contributed by atoms with Crippen molar-refractivity contribution in [3.63, 3.8) is 0 Å². The zero-order chi connectivity index (χ0) is 13.8. The Balaban J connectivity index is 2.51. The number of carboxylic acid groups (broad SMARTS) is 1. The summed E-state index contributed by atoms with van der Waals surface area (Å²) in [5.74, 6) is -1.38. The number of carbonyl (C=O) groups is 1. The normalized spacial score (nSPS) is 16.4. The van der Waals surface area contributed by atoms with E-state index in [4.69, 9.17) is 5.11 Å². The average molecular weight is 279 g/mol. The Morgan fingerprint density at radius 2 is 2.05 bits per heavy atom. The molecule has 0 saturated carbocycles. The van der Waals surface area contributed by atoms with Crippen LogP contribution in [-0.2, 0) is 16.3 Å². The Morgan fingerprint density at radius 3 is 2.74 bits per heavy atom. The number of hydrogen-bond acceptors (Lipinski definition) is 4. The van der Waals surface area contributed by atoms with Crippen LogP contribution in [0.4, 0.5) is 0 Å². The third-order valence-electron chi connectivity index (χ3n) is 3.30. The van der Waals surface area contributed by atoms with Gasteiger partial charge in [0.1, 0.15) is 5.56 Å². The van der Waals surface area contributed by atoms with Gasteiger partial charge in [-0.3, -0.25) is 4.79 Å². The molecule has 1 aliphatic heterocycles. The minimum atomic E-state index is -3.35. The van der Waals surface area contributed by atoms with E-state index in [1.807, 2.05) is 0 Å². The Labute approximate surface area is 107 Å². The molecule has 2 N–H and O–H groups in total. The second kappa shape index (κ2) is 3.67. The number of aromatic carboxylic acids is 1. The fourth-order valence-corrected chi connectivity index (χ4v) is 3.95. The number of benzene rings is 1. The first-order valence-electron chi connectivity index (χ1n) is 5.55. The summed E-state index contributed by atoms with van der Waals surface area (Å²) in [6.45, 7) is 0. The molecule has 0 spiro atoms. The smallest absolute Gasteiger partial charge is 0.341 e. The summed E-state index contributed by atoms with van der Waals surface area (Å²) in [7, 11) is -3.35. The van der Waals surface area contributed by atoms with Crippen LogP contribution in [0.15, 0.2) is 28.0 Å². The van der Waals surface area contributed by atoms with Crippen molar-refractivity contribution in [1.29, 1.82) is 0 Å². The highest BCUT2D eigenvalue weighted by Gasteiger charge is 2.29. The molecule has 6 nitrogen and oxygen atoms in total. The molecule has 0 bridgehead atoms. The van der Waals surface area contributed by atoms with Crippen LogP contribution in [0.25, 0.3) is 10.9 Å². The SMILES string of the molecule is O=C(O)c1c[nH]c2ccc3c(c2c1=O)CCS3(=O)=O. The predicted octanol–water partition coefficient (Wildman–Crippen LogP) is 0.556. The third kappa shape index (κ3) is 1.58. The van der Waals surface area contributed by atoms with E-state index in [0.29, 0.717) is 11.1 Å². The summed E-state index contributed by atoms with van der Waals surface area (Å²) in [5, 5.41) is 9.10. The van der Waals surface area contributed by atoms with Gasteiger partial charge in [-0.05, 0) is 24.1 Å². The molecule has 98 valence electrons. The molecule has 0 saturated heterocycles. The molecule has 1 aromatic heterocycles. The highest BCUT2D eigenvalue weighted by atomic mass is 32.2. The molecule has 7 heteroatoms. The standard InChI is InChI=1S/C12H9NO5S/c14-11-7(12(15)16)5-13-8-1-2-9-6(10(8)11)3-4-19(9,17)18/h1-2,5H,3-4H2,(H,13,14)(H,15,16). The summed E-state index contributed by atoms with van der Waals surface area (Å²) in [4.78, 5) is 26.0. The van der Waals surface area contributed by atoms with E-state index >= 15 is 0 Å². The highest BCUT2D eigenvalue weighted by molar-refractivity contribution is 7.91. The van der Waals surface area contributed by atoms with Crippen molar-refractivity contribution < 1.29 is 18.3 Å². The van der Waals surface area contributed by atoms with Crippen LogP contribution < -0.4 is 5.43 Å². The van der Waals surface area contributed by atoms with Gasteiger partial charge in [0, 0.05) is 11.7 Å². The number of nitrogens with one attached hydrogen (secondary N) is 1. The van der Waals surface area contributed by atoms with Crippen LogP contribution in [0.1, 0.15) is 15.9 Å². The van der Waals surface area contributed by atoms with Crippen molar-refractivity contribution in [2.75, 3.05) is 5.75 Å². The van der Waals surface area contributed by atoms with E-state index in [0.717, 1.165) is 6.20 Å². The molecule has 0 fully saturated rings. The number of aryl methyl sites for hydroxylation is 1. The fraction of sp³-hybridized carbons (Fsp3) is 0.167. The van der Waals surface area contributed by atoms with Gasteiger partial charge in [0.25, 0.3) is 0 Å². The lowest BCUT2D eigenvalue weighted by Crippen LogP contribution is -2.16. The lowest BCUT2D eigenvalue weighted by atomic mass is 10.0.